The molecule has 1 aliphatic heterocycles. The molecule has 1 saturated heterocycles. The summed E-state index contributed by atoms with van der Waals surface area (Å²) in [7, 11) is 0. The Balaban J connectivity index is 1.74. The first kappa shape index (κ1) is 11.9. The van der Waals surface area contributed by atoms with Crippen molar-refractivity contribution in [3.05, 3.63) is 34.1 Å². The summed E-state index contributed by atoms with van der Waals surface area (Å²) in [5, 5.41) is 3.06. The van der Waals surface area contributed by atoms with Crippen LogP contribution in [0.3, 0.4) is 0 Å². The minimum Gasteiger partial charge on any atom is -0.313 e. The van der Waals surface area contributed by atoms with Crippen molar-refractivity contribution in [2.24, 2.45) is 0 Å². The molecular weight excluding hydrogens is 244 g/mol. The van der Waals surface area contributed by atoms with Gasteiger partial charge >= 0.3 is 0 Å². The highest BCUT2D eigenvalue weighted by Gasteiger charge is 2.10. The van der Waals surface area contributed by atoms with Crippen molar-refractivity contribution in [1.29, 1.82) is 0 Å². The van der Waals surface area contributed by atoms with Crippen LogP contribution in [0.15, 0.2) is 28.5 Å². The van der Waals surface area contributed by atoms with Crippen molar-refractivity contribution < 1.29 is 0 Å². The Morgan fingerprint density at radius 2 is 1.94 bits per heavy atom. The number of piperidine rings is 1. The van der Waals surface area contributed by atoms with E-state index in [4.69, 9.17) is 0 Å². The van der Waals surface area contributed by atoms with Crippen LogP contribution in [0, 0.1) is 0 Å². The van der Waals surface area contributed by atoms with E-state index in [0.717, 1.165) is 23.2 Å². The van der Waals surface area contributed by atoms with Gasteiger partial charge in [0.2, 0.25) is 0 Å². The molecule has 0 spiro atoms. The predicted octanol–water partition coefficient (Wildman–Crippen LogP) is 2.55. The Kier molecular flexibility index (Phi) is 3.48. The Morgan fingerprint density at radius 1 is 1.11 bits per heavy atom. The van der Waals surface area contributed by atoms with E-state index >= 15 is 0 Å². The molecule has 0 aliphatic carbocycles. The molecule has 3 nitrogen and oxygen atoms in total. The minimum atomic E-state index is 0.166. The van der Waals surface area contributed by atoms with Gasteiger partial charge < -0.3 is 9.47 Å². The van der Waals surface area contributed by atoms with Gasteiger partial charge in [0.15, 0.2) is 0 Å². The summed E-state index contributed by atoms with van der Waals surface area (Å²) < 4.78 is 2.74. The molecule has 0 saturated carbocycles. The zero-order chi connectivity index (χ0) is 12.4. The van der Waals surface area contributed by atoms with Crippen LogP contribution >= 0.6 is 11.3 Å². The van der Waals surface area contributed by atoms with Gasteiger partial charge in [0.25, 0.3) is 5.56 Å². The van der Waals surface area contributed by atoms with Crippen LogP contribution < -0.4 is 5.56 Å². The van der Waals surface area contributed by atoms with Crippen LogP contribution in [0.5, 0.6) is 0 Å². The molecule has 96 valence electrons. The first-order valence-electron chi connectivity index (χ1n) is 6.63. The van der Waals surface area contributed by atoms with E-state index in [0.29, 0.717) is 0 Å². The summed E-state index contributed by atoms with van der Waals surface area (Å²) in [6.45, 7) is 4.19. The number of thiophene rings is 1. The standard InChI is InChI=1S/C14H18N2OS/c17-14-13-12(5-11-18-13)4-8-16(14)10-9-15-6-2-1-3-7-15/h4-5,8,11H,1-3,6-7,9-10H2. The lowest BCUT2D eigenvalue weighted by Gasteiger charge is -2.26. The van der Waals surface area contributed by atoms with Crippen molar-refractivity contribution in [1.82, 2.24) is 9.47 Å². The van der Waals surface area contributed by atoms with Gasteiger partial charge in [0.1, 0.15) is 0 Å². The predicted molar refractivity (Wildman–Crippen MR) is 76.4 cm³/mol. The molecule has 0 aromatic carbocycles. The molecule has 0 bridgehead atoms. The Labute approximate surface area is 111 Å². The summed E-state index contributed by atoms with van der Waals surface area (Å²) in [4.78, 5) is 14.7. The lowest BCUT2D eigenvalue weighted by atomic mass is 10.1. The molecule has 1 fully saturated rings. The van der Waals surface area contributed by atoms with E-state index in [-0.39, 0.29) is 5.56 Å². The van der Waals surface area contributed by atoms with Gasteiger partial charge in [-0.2, -0.15) is 0 Å². The highest BCUT2D eigenvalue weighted by atomic mass is 32.1. The molecule has 0 N–H and O–H groups in total. The van der Waals surface area contributed by atoms with Gasteiger partial charge in [-0.15, -0.1) is 11.3 Å². The maximum atomic E-state index is 12.2. The number of aromatic nitrogens is 1. The molecule has 0 amide bonds. The van der Waals surface area contributed by atoms with E-state index in [1.54, 1.807) is 11.3 Å². The average Bonchev–Trinajstić information content (AvgIpc) is 2.88. The van der Waals surface area contributed by atoms with Crippen LogP contribution in [-0.4, -0.2) is 29.1 Å². The number of fused-ring (bicyclic) bond motifs is 1. The smallest absolute Gasteiger partial charge is 0.268 e. The van der Waals surface area contributed by atoms with E-state index in [1.165, 1.54) is 32.4 Å². The van der Waals surface area contributed by atoms with E-state index in [1.807, 2.05) is 28.3 Å². The van der Waals surface area contributed by atoms with Crippen molar-refractivity contribution in [2.45, 2.75) is 25.8 Å². The molecule has 3 heterocycles. The number of nitrogens with zero attached hydrogens (tertiary/aromatic N) is 2. The number of rotatable bonds is 3. The van der Waals surface area contributed by atoms with Crippen molar-refractivity contribution in [3.8, 4) is 0 Å². The maximum Gasteiger partial charge on any atom is 0.268 e. The van der Waals surface area contributed by atoms with Crippen molar-refractivity contribution >= 4 is 21.4 Å². The molecule has 18 heavy (non-hydrogen) atoms. The highest BCUT2D eigenvalue weighted by molar-refractivity contribution is 7.17. The molecule has 1 aliphatic rings. The first-order chi connectivity index (χ1) is 8.84. The molecule has 0 unspecified atom stereocenters. The average molecular weight is 262 g/mol. The van der Waals surface area contributed by atoms with Crippen molar-refractivity contribution in [3.63, 3.8) is 0 Å². The summed E-state index contributed by atoms with van der Waals surface area (Å²) in [6.07, 6.45) is 5.90. The van der Waals surface area contributed by atoms with Gasteiger partial charge in [-0.05, 0) is 48.8 Å². The SMILES string of the molecule is O=c1c2sccc2ccn1CCN1CCCCC1. The van der Waals surface area contributed by atoms with Crippen LogP contribution in [0.2, 0.25) is 0 Å². The Morgan fingerprint density at radius 3 is 2.78 bits per heavy atom. The van der Waals surface area contributed by atoms with Crippen LogP contribution in [0.4, 0.5) is 0 Å². The number of hydrogen-bond acceptors (Lipinski definition) is 3. The van der Waals surface area contributed by atoms with Crippen molar-refractivity contribution in [2.75, 3.05) is 19.6 Å². The third-order valence-electron chi connectivity index (χ3n) is 3.69. The molecular formula is C14H18N2OS. The first-order valence-corrected chi connectivity index (χ1v) is 7.51. The molecule has 0 atom stereocenters. The third kappa shape index (κ3) is 2.35. The molecule has 2 aromatic heterocycles. The van der Waals surface area contributed by atoms with Gasteiger partial charge in [0.05, 0.1) is 4.70 Å². The Hall–Kier alpha value is -1.13. The van der Waals surface area contributed by atoms with Gasteiger partial charge in [-0.3, -0.25) is 4.79 Å². The fourth-order valence-corrected chi connectivity index (χ4v) is 3.44. The lowest BCUT2D eigenvalue weighted by molar-refractivity contribution is 0.220. The maximum absolute atomic E-state index is 12.2. The summed E-state index contributed by atoms with van der Waals surface area (Å²) in [5.41, 5.74) is 0.166. The molecule has 2 aromatic rings. The van der Waals surface area contributed by atoms with Gasteiger partial charge in [-0.25, -0.2) is 0 Å². The van der Waals surface area contributed by atoms with Gasteiger partial charge in [-0.1, -0.05) is 6.42 Å². The van der Waals surface area contributed by atoms with Crippen LogP contribution in [0.25, 0.3) is 10.1 Å². The monoisotopic (exact) mass is 262 g/mol. The van der Waals surface area contributed by atoms with Crippen LogP contribution in [0.1, 0.15) is 19.3 Å². The quantitative estimate of drug-likeness (QED) is 0.849. The summed E-state index contributed by atoms with van der Waals surface area (Å²) in [6, 6.07) is 4.06. The summed E-state index contributed by atoms with van der Waals surface area (Å²) in [5.74, 6) is 0. The Bertz CT molecular complexity index is 581. The van der Waals surface area contributed by atoms with Gasteiger partial charge in [0, 0.05) is 19.3 Å². The number of likely N-dealkylation sites (tertiary alicyclic amines) is 1. The normalized spacial score (nSPS) is 17.3. The second-order valence-electron chi connectivity index (χ2n) is 4.92. The molecule has 0 radical (unpaired) electrons. The molecule has 3 rings (SSSR count). The lowest BCUT2D eigenvalue weighted by Crippen LogP contribution is -2.34. The topological polar surface area (TPSA) is 25.2 Å². The second kappa shape index (κ2) is 5.24. The fraction of sp³-hybridized carbons (Fsp3) is 0.500. The largest absolute Gasteiger partial charge is 0.313 e. The van der Waals surface area contributed by atoms with E-state index < -0.39 is 0 Å². The third-order valence-corrected chi connectivity index (χ3v) is 4.61. The summed E-state index contributed by atoms with van der Waals surface area (Å²) >= 11 is 1.54. The second-order valence-corrected chi connectivity index (χ2v) is 5.84. The fourth-order valence-electron chi connectivity index (χ4n) is 2.60. The number of hydrogen-bond donors (Lipinski definition) is 0. The van der Waals surface area contributed by atoms with E-state index in [2.05, 4.69) is 4.90 Å². The van der Waals surface area contributed by atoms with Crippen LogP contribution in [-0.2, 0) is 6.54 Å². The number of pyridine rings is 1. The molecule has 4 heteroatoms. The van der Waals surface area contributed by atoms with E-state index in [9.17, 15) is 4.79 Å². The zero-order valence-corrected chi connectivity index (χ0v) is 11.3. The zero-order valence-electron chi connectivity index (χ0n) is 10.5. The minimum absolute atomic E-state index is 0.166. The highest BCUT2D eigenvalue weighted by Crippen LogP contribution is 2.15.